The van der Waals surface area contributed by atoms with Crippen LogP contribution in [0.2, 0.25) is 15.1 Å². The number of benzene rings is 3. The molecule has 33 heavy (non-hydrogen) atoms. The van der Waals surface area contributed by atoms with Crippen molar-refractivity contribution in [2.75, 3.05) is 5.32 Å². The van der Waals surface area contributed by atoms with Gasteiger partial charge in [0.15, 0.2) is 5.69 Å². The zero-order valence-corrected chi connectivity index (χ0v) is 18.8. The summed E-state index contributed by atoms with van der Waals surface area (Å²) in [5.74, 6) is -0.443. The fraction of sp³-hybridized carbons (Fsp3) is 0.0435. The highest BCUT2D eigenvalue weighted by molar-refractivity contribution is 6.36. The highest BCUT2D eigenvalue weighted by Gasteiger charge is 2.35. The molecule has 4 nitrogen and oxygen atoms in total. The number of halogens is 6. The molecule has 0 atom stereocenters. The molecule has 0 saturated carbocycles. The Morgan fingerprint density at radius 3 is 2.21 bits per heavy atom. The average molecular weight is 511 g/mol. The summed E-state index contributed by atoms with van der Waals surface area (Å²) in [6.07, 6.45) is -4.64. The highest BCUT2D eigenvalue weighted by Crippen LogP contribution is 2.34. The standard InChI is InChI=1S/C23H13Cl3F3N3O/c24-15-9-10-18(17(26)11-15)30-22(33)14-7-5-13(6-8-14)20-12-21(23(27,28)29)31-32(20)19-4-2-1-3-16(19)25/h1-12H,(H,30,33). The zero-order valence-electron chi connectivity index (χ0n) is 16.5. The topological polar surface area (TPSA) is 46.9 Å². The van der Waals surface area contributed by atoms with Gasteiger partial charge in [0.05, 0.1) is 27.1 Å². The van der Waals surface area contributed by atoms with Crippen molar-refractivity contribution >= 4 is 46.4 Å². The molecule has 3 aromatic carbocycles. The molecule has 0 unspecified atom stereocenters. The van der Waals surface area contributed by atoms with Gasteiger partial charge >= 0.3 is 6.18 Å². The smallest absolute Gasteiger partial charge is 0.321 e. The molecule has 0 aliphatic heterocycles. The monoisotopic (exact) mass is 509 g/mol. The van der Waals surface area contributed by atoms with Crippen LogP contribution in [0, 0.1) is 0 Å². The lowest BCUT2D eigenvalue weighted by molar-refractivity contribution is -0.141. The van der Waals surface area contributed by atoms with Crippen molar-refractivity contribution < 1.29 is 18.0 Å². The van der Waals surface area contributed by atoms with Gasteiger partial charge in [-0.2, -0.15) is 18.3 Å². The number of carbonyl (C=O) groups is 1. The molecule has 4 rings (SSSR count). The average Bonchev–Trinajstić information content (AvgIpc) is 3.22. The van der Waals surface area contributed by atoms with E-state index in [2.05, 4.69) is 10.4 Å². The van der Waals surface area contributed by atoms with Crippen molar-refractivity contribution in [1.82, 2.24) is 9.78 Å². The molecule has 168 valence electrons. The van der Waals surface area contributed by atoms with E-state index in [0.717, 1.165) is 10.7 Å². The van der Waals surface area contributed by atoms with Gasteiger partial charge in [-0.1, -0.05) is 59.1 Å². The Bertz CT molecular complexity index is 1340. The minimum atomic E-state index is -4.64. The van der Waals surface area contributed by atoms with Crippen LogP contribution >= 0.6 is 34.8 Å². The van der Waals surface area contributed by atoms with E-state index in [1.165, 1.54) is 30.3 Å². The van der Waals surface area contributed by atoms with E-state index in [4.69, 9.17) is 34.8 Å². The minimum absolute atomic E-state index is 0.170. The number of nitrogens with zero attached hydrogens (tertiary/aromatic N) is 2. The normalized spacial score (nSPS) is 11.5. The molecule has 10 heteroatoms. The van der Waals surface area contributed by atoms with Crippen LogP contribution in [0.4, 0.5) is 18.9 Å². The third-order valence-electron chi connectivity index (χ3n) is 4.70. The fourth-order valence-corrected chi connectivity index (χ4v) is 3.78. The maximum absolute atomic E-state index is 13.4. The fourth-order valence-electron chi connectivity index (χ4n) is 3.11. The molecule has 0 bridgehead atoms. The summed E-state index contributed by atoms with van der Waals surface area (Å²) in [7, 11) is 0. The summed E-state index contributed by atoms with van der Waals surface area (Å²) >= 11 is 18.1. The van der Waals surface area contributed by atoms with Crippen molar-refractivity contribution in [3.8, 4) is 16.9 Å². The molecule has 1 amide bonds. The zero-order chi connectivity index (χ0) is 23.8. The molecule has 1 N–H and O–H groups in total. The number of hydrogen-bond donors (Lipinski definition) is 1. The molecule has 0 aliphatic carbocycles. The number of alkyl halides is 3. The molecular weight excluding hydrogens is 498 g/mol. The molecule has 0 radical (unpaired) electrons. The first-order chi connectivity index (χ1) is 15.6. The lowest BCUT2D eigenvalue weighted by Gasteiger charge is -2.10. The number of carbonyl (C=O) groups excluding carboxylic acids is 1. The molecule has 0 aliphatic rings. The number of amides is 1. The van der Waals surface area contributed by atoms with Crippen LogP contribution in [-0.2, 0) is 6.18 Å². The lowest BCUT2D eigenvalue weighted by atomic mass is 10.1. The number of para-hydroxylation sites is 1. The van der Waals surface area contributed by atoms with Crippen molar-refractivity contribution in [3.63, 3.8) is 0 Å². The van der Waals surface area contributed by atoms with Gasteiger partial charge in [-0.05, 0) is 48.5 Å². The second-order valence-corrected chi connectivity index (χ2v) is 8.18. The molecule has 4 aromatic rings. The first-order valence-electron chi connectivity index (χ1n) is 9.42. The maximum atomic E-state index is 13.4. The van der Waals surface area contributed by atoms with E-state index in [-0.39, 0.29) is 21.3 Å². The Hall–Kier alpha value is -3.00. The Balaban J connectivity index is 1.68. The largest absolute Gasteiger partial charge is 0.435 e. The first kappa shape index (κ1) is 23.2. The third kappa shape index (κ3) is 5.00. The summed E-state index contributed by atoms with van der Waals surface area (Å²) in [6.45, 7) is 0. The minimum Gasteiger partial charge on any atom is -0.321 e. The van der Waals surface area contributed by atoms with Crippen LogP contribution in [0.25, 0.3) is 16.9 Å². The summed E-state index contributed by atoms with van der Waals surface area (Å²) in [4.78, 5) is 12.6. The second-order valence-electron chi connectivity index (χ2n) is 6.93. The van der Waals surface area contributed by atoms with E-state index >= 15 is 0 Å². The number of aromatic nitrogens is 2. The van der Waals surface area contributed by atoms with Crippen molar-refractivity contribution in [3.05, 3.63) is 99.1 Å². The molecule has 0 spiro atoms. The Morgan fingerprint density at radius 2 is 1.58 bits per heavy atom. The summed E-state index contributed by atoms with van der Waals surface area (Å²) in [5, 5.41) is 7.33. The van der Waals surface area contributed by atoms with E-state index in [0.29, 0.717) is 22.0 Å². The molecule has 0 saturated heterocycles. The predicted molar refractivity (Wildman–Crippen MR) is 123 cm³/mol. The second kappa shape index (κ2) is 9.09. The van der Waals surface area contributed by atoms with Gasteiger partial charge in [0.1, 0.15) is 0 Å². The highest BCUT2D eigenvalue weighted by atomic mass is 35.5. The van der Waals surface area contributed by atoms with Gasteiger partial charge in [0.2, 0.25) is 0 Å². The Morgan fingerprint density at radius 1 is 0.879 bits per heavy atom. The van der Waals surface area contributed by atoms with Gasteiger partial charge in [0, 0.05) is 16.1 Å². The SMILES string of the molecule is O=C(Nc1ccc(Cl)cc1Cl)c1ccc(-c2cc(C(F)(F)F)nn2-c2ccccc2Cl)cc1. The number of anilines is 1. The summed E-state index contributed by atoms with van der Waals surface area (Å²) in [5.41, 5.74) is 0.481. The van der Waals surface area contributed by atoms with Crippen molar-refractivity contribution in [1.29, 1.82) is 0 Å². The summed E-state index contributed by atoms with van der Waals surface area (Å²) < 4.78 is 41.2. The van der Waals surface area contributed by atoms with Gasteiger partial charge in [-0.15, -0.1) is 0 Å². The van der Waals surface area contributed by atoms with Crippen LogP contribution in [0.15, 0.2) is 72.8 Å². The Kier molecular flexibility index (Phi) is 6.38. The quantitative estimate of drug-likeness (QED) is 0.305. The number of hydrogen-bond acceptors (Lipinski definition) is 2. The molecule has 0 fully saturated rings. The molecule has 1 heterocycles. The first-order valence-corrected chi connectivity index (χ1v) is 10.6. The predicted octanol–water partition coefficient (Wildman–Crippen LogP) is 7.77. The van der Waals surface area contributed by atoms with Crippen LogP contribution in [0.1, 0.15) is 16.1 Å². The lowest BCUT2D eigenvalue weighted by Crippen LogP contribution is -2.12. The Labute approximate surface area is 201 Å². The number of rotatable bonds is 4. The van der Waals surface area contributed by atoms with Gasteiger partial charge < -0.3 is 5.32 Å². The van der Waals surface area contributed by atoms with Crippen molar-refractivity contribution in [2.45, 2.75) is 6.18 Å². The van der Waals surface area contributed by atoms with Crippen LogP contribution in [0.3, 0.4) is 0 Å². The van der Waals surface area contributed by atoms with Gasteiger partial charge in [-0.3, -0.25) is 4.79 Å². The van der Waals surface area contributed by atoms with Crippen LogP contribution in [0.5, 0.6) is 0 Å². The van der Waals surface area contributed by atoms with E-state index in [1.54, 1.807) is 36.4 Å². The van der Waals surface area contributed by atoms with Crippen molar-refractivity contribution in [2.24, 2.45) is 0 Å². The van der Waals surface area contributed by atoms with E-state index in [9.17, 15) is 18.0 Å². The maximum Gasteiger partial charge on any atom is 0.435 e. The van der Waals surface area contributed by atoms with Crippen LogP contribution in [-0.4, -0.2) is 15.7 Å². The molecule has 1 aromatic heterocycles. The number of nitrogens with one attached hydrogen (secondary N) is 1. The van der Waals surface area contributed by atoms with E-state index in [1.807, 2.05) is 0 Å². The van der Waals surface area contributed by atoms with Crippen LogP contribution < -0.4 is 5.32 Å². The van der Waals surface area contributed by atoms with E-state index < -0.39 is 17.8 Å². The summed E-state index contributed by atoms with van der Waals surface area (Å²) in [6, 6.07) is 18.1. The third-order valence-corrected chi connectivity index (χ3v) is 5.57. The molecular formula is C23H13Cl3F3N3O. The van der Waals surface area contributed by atoms with Gasteiger partial charge in [-0.25, -0.2) is 4.68 Å². The van der Waals surface area contributed by atoms with Gasteiger partial charge in [0.25, 0.3) is 5.91 Å².